The lowest BCUT2D eigenvalue weighted by molar-refractivity contribution is -0.153. The molecule has 2 rings (SSSR count). The number of hydrogen-bond acceptors (Lipinski definition) is 9. The molecule has 35 heavy (non-hydrogen) atoms. The normalized spacial score (nSPS) is 12.4. The van der Waals surface area contributed by atoms with Gasteiger partial charge in [-0.1, -0.05) is 6.07 Å². The van der Waals surface area contributed by atoms with Gasteiger partial charge >= 0.3 is 11.9 Å². The van der Waals surface area contributed by atoms with E-state index in [1.165, 1.54) is 35.2 Å². The molecular formula is C26H34O9. The molecule has 0 bridgehead atoms. The second-order valence-corrected chi connectivity index (χ2v) is 8.13. The van der Waals surface area contributed by atoms with Crippen LogP contribution in [0.15, 0.2) is 30.3 Å². The number of benzene rings is 2. The third-order valence-corrected chi connectivity index (χ3v) is 5.48. The molecule has 2 aromatic rings. The molecule has 0 aliphatic heterocycles. The highest BCUT2D eigenvalue weighted by molar-refractivity contribution is 5.66. The first-order valence-electron chi connectivity index (χ1n) is 11.3. The van der Waals surface area contributed by atoms with Crippen LogP contribution in [0.3, 0.4) is 0 Å². The summed E-state index contributed by atoms with van der Waals surface area (Å²) in [6.45, 7) is 2.68. The van der Waals surface area contributed by atoms with Crippen LogP contribution >= 0.6 is 0 Å². The molecule has 9 nitrogen and oxygen atoms in total. The maximum Gasteiger partial charge on any atom is 0.302 e. The van der Waals surface area contributed by atoms with Crippen LogP contribution in [0, 0.1) is 0 Å². The van der Waals surface area contributed by atoms with Gasteiger partial charge in [0.15, 0.2) is 23.0 Å². The first-order valence-corrected chi connectivity index (χ1v) is 11.3. The molecule has 2 atom stereocenters. The zero-order chi connectivity index (χ0) is 26.0. The highest BCUT2D eigenvalue weighted by Gasteiger charge is 2.22. The van der Waals surface area contributed by atoms with E-state index in [1.807, 2.05) is 0 Å². The van der Waals surface area contributed by atoms with E-state index >= 15 is 0 Å². The molecule has 0 saturated heterocycles. The molecule has 0 aromatic heterocycles. The number of carbonyl (C=O) groups excluding carboxylic acids is 2. The lowest BCUT2D eigenvalue weighted by atomic mass is 9.98. The van der Waals surface area contributed by atoms with Crippen LogP contribution in [0.5, 0.6) is 28.7 Å². The van der Waals surface area contributed by atoms with Crippen LogP contribution in [-0.4, -0.2) is 55.7 Å². The van der Waals surface area contributed by atoms with Gasteiger partial charge < -0.3 is 33.9 Å². The van der Waals surface area contributed by atoms with Crippen molar-refractivity contribution in [3.8, 4) is 28.7 Å². The summed E-state index contributed by atoms with van der Waals surface area (Å²) >= 11 is 0. The Hall–Kier alpha value is -3.62. The fourth-order valence-corrected chi connectivity index (χ4v) is 3.84. The Morgan fingerprint density at radius 1 is 0.743 bits per heavy atom. The predicted molar refractivity (Wildman–Crippen MR) is 128 cm³/mol. The van der Waals surface area contributed by atoms with Gasteiger partial charge in [0.25, 0.3) is 0 Å². The van der Waals surface area contributed by atoms with Gasteiger partial charge in [-0.2, -0.15) is 0 Å². The van der Waals surface area contributed by atoms with Crippen LogP contribution in [-0.2, 0) is 31.9 Å². The van der Waals surface area contributed by atoms with Crippen molar-refractivity contribution >= 4 is 11.9 Å². The zero-order valence-corrected chi connectivity index (χ0v) is 20.8. The summed E-state index contributed by atoms with van der Waals surface area (Å²) in [5, 5.41) is 19.9. The molecular weight excluding hydrogens is 456 g/mol. The summed E-state index contributed by atoms with van der Waals surface area (Å²) in [6.07, 6.45) is 1.35. The minimum absolute atomic E-state index is 0.0465. The van der Waals surface area contributed by atoms with E-state index in [0.717, 1.165) is 11.1 Å². The van der Waals surface area contributed by atoms with E-state index in [4.69, 9.17) is 23.7 Å². The number of aryl methyl sites for hydroxylation is 2. The average Bonchev–Trinajstić information content (AvgIpc) is 2.81. The van der Waals surface area contributed by atoms with Crippen LogP contribution in [0.25, 0.3) is 0 Å². The van der Waals surface area contributed by atoms with Gasteiger partial charge in [-0.05, 0) is 61.1 Å². The molecule has 0 saturated carbocycles. The summed E-state index contributed by atoms with van der Waals surface area (Å²) in [5.74, 6) is 0.0370. The third kappa shape index (κ3) is 8.59. The Morgan fingerprint density at radius 2 is 1.20 bits per heavy atom. The minimum atomic E-state index is -0.503. The second kappa shape index (κ2) is 13.3. The van der Waals surface area contributed by atoms with E-state index in [2.05, 4.69) is 0 Å². The SMILES string of the molecule is COc1cc(CCC(CC(CCc2cc(OC)c(O)c(OC)c2)OC(C)=O)OC(C)=O)ccc1O. The Morgan fingerprint density at radius 3 is 1.66 bits per heavy atom. The van der Waals surface area contributed by atoms with Gasteiger partial charge in [0.05, 0.1) is 21.3 Å². The summed E-state index contributed by atoms with van der Waals surface area (Å²) in [5.41, 5.74) is 1.73. The predicted octanol–water partition coefficient (Wildman–Crippen LogP) is 3.94. The molecule has 0 aliphatic rings. The van der Waals surface area contributed by atoms with E-state index in [9.17, 15) is 19.8 Å². The van der Waals surface area contributed by atoms with Crippen LogP contribution in [0.2, 0.25) is 0 Å². The van der Waals surface area contributed by atoms with Gasteiger partial charge in [-0.3, -0.25) is 9.59 Å². The zero-order valence-electron chi connectivity index (χ0n) is 20.8. The van der Waals surface area contributed by atoms with Crippen molar-refractivity contribution < 1.29 is 43.5 Å². The van der Waals surface area contributed by atoms with Gasteiger partial charge in [-0.15, -0.1) is 0 Å². The number of methoxy groups -OCH3 is 3. The van der Waals surface area contributed by atoms with Crippen LogP contribution in [0.1, 0.15) is 44.2 Å². The lowest BCUT2D eigenvalue weighted by Crippen LogP contribution is -2.27. The molecule has 0 aliphatic carbocycles. The quantitative estimate of drug-likeness (QED) is 0.402. The van der Waals surface area contributed by atoms with Crippen molar-refractivity contribution in [1.29, 1.82) is 0 Å². The Kier molecular flexibility index (Phi) is 10.5. The highest BCUT2D eigenvalue weighted by atomic mass is 16.6. The highest BCUT2D eigenvalue weighted by Crippen LogP contribution is 2.37. The number of esters is 2. The Labute approximate surface area is 205 Å². The number of aromatic hydroxyl groups is 2. The van der Waals surface area contributed by atoms with Gasteiger partial charge in [0.1, 0.15) is 12.2 Å². The summed E-state index contributed by atoms with van der Waals surface area (Å²) < 4.78 is 26.6. The van der Waals surface area contributed by atoms with Crippen molar-refractivity contribution in [1.82, 2.24) is 0 Å². The van der Waals surface area contributed by atoms with Gasteiger partial charge in [0, 0.05) is 20.3 Å². The van der Waals surface area contributed by atoms with Crippen molar-refractivity contribution in [3.63, 3.8) is 0 Å². The molecule has 2 aromatic carbocycles. The maximum absolute atomic E-state index is 11.8. The Balaban J connectivity index is 2.12. The maximum atomic E-state index is 11.8. The van der Waals surface area contributed by atoms with Gasteiger partial charge in [0.2, 0.25) is 5.75 Å². The molecule has 0 heterocycles. The standard InChI is InChI=1S/C26H34O9/c1-16(27)34-20(9-6-18-8-11-22(29)23(12-18)31-3)15-21(35-17(2)28)10-7-19-13-24(32-4)26(30)25(14-19)33-5/h8,11-14,20-21,29-30H,6-7,9-10,15H2,1-5H3. The molecule has 0 fully saturated rings. The summed E-state index contributed by atoms with van der Waals surface area (Å²) in [6, 6.07) is 8.46. The number of phenols is 2. The summed E-state index contributed by atoms with van der Waals surface area (Å²) in [7, 11) is 4.38. The van der Waals surface area contributed by atoms with Crippen LogP contribution < -0.4 is 14.2 Å². The van der Waals surface area contributed by atoms with Crippen molar-refractivity contribution in [2.24, 2.45) is 0 Å². The Bertz CT molecular complexity index is 977. The van der Waals surface area contributed by atoms with Gasteiger partial charge in [-0.25, -0.2) is 0 Å². The molecule has 2 unspecified atom stereocenters. The largest absolute Gasteiger partial charge is 0.504 e. The van der Waals surface area contributed by atoms with Crippen molar-refractivity contribution in [2.45, 2.75) is 58.2 Å². The fraction of sp³-hybridized carbons (Fsp3) is 0.462. The third-order valence-electron chi connectivity index (χ3n) is 5.48. The van der Waals surface area contributed by atoms with E-state index in [1.54, 1.807) is 30.3 Å². The van der Waals surface area contributed by atoms with Crippen molar-refractivity contribution in [2.75, 3.05) is 21.3 Å². The van der Waals surface area contributed by atoms with E-state index in [-0.39, 0.29) is 23.0 Å². The van der Waals surface area contributed by atoms with E-state index in [0.29, 0.717) is 37.9 Å². The lowest BCUT2D eigenvalue weighted by Gasteiger charge is -2.24. The minimum Gasteiger partial charge on any atom is -0.504 e. The fourth-order valence-electron chi connectivity index (χ4n) is 3.84. The molecule has 192 valence electrons. The van der Waals surface area contributed by atoms with Crippen molar-refractivity contribution in [3.05, 3.63) is 41.5 Å². The van der Waals surface area contributed by atoms with Crippen LogP contribution in [0.4, 0.5) is 0 Å². The topological polar surface area (TPSA) is 121 Å². The van der Waals surface area contributed by atoms with E-state index < -0.39 is 24.1 Å². The molecule has 0 amide bonds. The first kappa shape index (κ1) is 27.6. The molecule has 0 radical (unpaired) electrons. The number of hydrogen-bond donors (Lipinski definition) is 2. The average molecular weight is 491 g/mol. The number of ether oxygens (including phenoxy) is 5. The molecule has 9 heteroatoms. The number of phenolic OH excluding ortho intramolecular Hbond substituents is 2. The first-order chi connectivity index (χ1) is 16.7. The summed E-state index contributed by atoms with van der Waals surface area (Å²) in [4.78, 5) is 23.5. The molecule has 2 N–H and O–H groups in total. The number of carbonyl (C=O) groups is 2. The molecule has 0 spiro atoms. The number of rotatable bonds is 13. The monoisotopic (exact) mass is 490 g/mol. The second-order valence-electron chi connectivity index (χ2n) is 8.13. The smallest absolute Gasteiger partial charge is 0.302 e.